The molecule has 0 aromatic carbocycles. The second kappa shape index (κ2) is 4.69. The van der Waals surface area contributed by atoms with E-state index in [1.807, 2.05) is 6.07 Å². The highest BCUT2D eigenvalue weighted by Crippen LogP contribution is 2.08. The molecule has 2 aromatic rings. The minimum absolute atomic E-state index is 0.720. The third-order valence-corrected chi connectivity index (χ3v) is 2.33. The van der Waals surface area contributed by atoms with Gasteiger partial charge in [0.05, 0.1) is 0 Å². The lowest BCUT2D eigenvalue weighted by atomic mass is 10.5. The Balaban J connectivity index is 2.33. The number of anilines is 1. The van der Waals surface area contributed by atoms with Crippen LogP contribution in [0.15, 0.2) is 24.9 Å². The lowest BCUT2D eigenvalue weighted by Gasteiger charge is -2.18. The summed E-state index contributed by atoms with van der Waals surface area (Å²) in [6.45, 7) is 5.93. The van der Waals surface area contributed by atoms with Crippen molar-refractivity contribution in [3.8, 4) is 5.82 Å². The molecule has 0 saturated heterocycles. The van der Waals surface area contributed by atoms with Crippen molar-refractivity contribution in [2.24, 2.45) is 0 Å². The highest BCUT2D eigenvalue weighted by atomic mass is 15.4. The molecule has 6 nitrogen and oxygen atoms in total. The summed E-state index contributed by atoms with van der Waals surface area (Å²) in [5.74, 6) is 1.45. The molecule has 0 atom stereocenters. The van der Waals surface area contributed by atoms with E-state index in [2.05, 4.69) is 38.8 Å². The van der Waals surface area contributed by atoms with Crippen LogP contribution in [-0.4, -0.2) is 37.8 Å². The third-order valence-electron chi connectivity index (χ3n) is 2.33. The van der Waals surface area contributed by atoms with Gasteiger partial charge in [-0.2, -0.15) is 10.1 Å². The van der Waals surface area contributed by atoms with E-state index in [0.717, 1.165) is 24.9 Å². The van der Waals surface area contributed by atoms with Crippen molar-refractivity contribution < 1.29 is 0 Å². The molecule has 0 amide bonds. The number of aromatic nitrogens is 5. The van der Waals surface area contributed by atoms with Gasteiger partial charge in [-0.05, 0) is 13.8 Å². The van der Waals surface area contributed by atoms with Gasteiger partial charge in [-0.1, -0.05) is 0 Å². The fourth-order valence-electron chi connectivity index (χ4n) is 1.45. The monoisotopic (exact) mass is 218 g/mol. The van der Waals surface area contributed by atoms with Crippen LogP contribution in [0.25, 0.3) is 5.82 Å². The number of rotatable bonds is 4. The van der Waals surface area contributed by atoms with Crippen molar-refractivity contribution in [3.63, 3.8) is 0 Å². The summed E-state index contributed by atoms with van der Waals surface area (Å²) in [5, 5.41) is 4.04. The summed E-state index contributed by atoms with van der Waals surface area (Å²) in [7, 11) is 0. The van der Waals surface area contributed by atoms with Crippen LogP contribution < -0.4 is 4.90 Å². The van der Waals surface area contributed by atoms with Gasteiger partial charge in [0.25, 0.3) is 0 Å². The summed E-state index contributed by atoms with van der Waals surface area (Å²) in [6, 6.07) is 1.81. The normalized spacial score (nSPS) is 10.4. The fraction of sp³-hybridized carbons (Fsp3) is 0.400. The predicted molar refractivity (Wildman–Crippen MR) is 60.5 cm³/mol. The molecular weight excluding hydrogens is 204 g/mol. The van der Waals surface area contributed by atoms with Gasteiger partial charge in [-0.3, -0.25) is 0 Å². The highest BCUT2D eigenvalue weighted by molar-refractivity contribution is 5.33. The minimum atomic E-state index is 0.720. The molecule has 0 N–H and O–H groups in total. The summed E-state index contributed by atoms with van der Waals surface area (Å²) in [4.78, 5) is 14.7. The molecule has 0 unspecified atom stereocenters. The maximum Gasteiger partial charge on any atom is 0.227 e. The van der Waals surface area contributed by atoms with E-state index < -0.39 is 0 Å². The van der Waals surface area contributed by atoms with E-state index in [9.17, 15) is 0 Å². The van der Waals surface area contributed by atoms with E-state index in [1.165, 1.54) is 6.33 Å². The van der Waals surface area contributed by atoms with E-state index >= 15 is 0 Å². The lowest BCUT2D eigenvalue weighted by molar-refractivity contribution is 0.790. The molecule has 6 heteroatoms. The van der Waals surface area contributed by atoms with E-state index in [0.29, 0.717) is 0 Å². The van der Waals surface area contributed by atoms with E-state index in [1.54, 1.807) is 17.2 Å². The summed E-state index contributed by atoms with van der Waals surface area (Å²) in [6.07, 6.45) is 4.84. The zero-order valence-corrected chi connectivity index (χ0v) is 9.41. The van der Waals surface area contributed by atoms with E-state index in [4.69, 9.17) is 0 Å². The smallest absolute Gasteiger partial charge is 0.227 e. The van der Waals surface area contributed by atoms with Gasteiger partial charge in [0.2, 0.25) is 5.95 Å². The maximum absolute atomic E-state index is 4.43. The number of nitrogens with zero attached hydrogens (tertiary/aromatic N) is 6. The van der Waals surface area contributed by atoms with E-state index in [-0.39, 0.29) is 0 Å². The molecule has 16 heavy (non-hydrogen) atoms. The molecule has 0 aliphatic heterocycles. The SMILES string of the molecule is CCN(CC)c1nccc(-n2cncn2)n1. The van der Waals surface area contributed by atoms with Crippen LogP contribution in [0.1, 0.15) is 13.8 Å². The maximum atomic E-state index is 4.43. The number of hydrogen-bond acceptors (Lipinski definition) is 5. The van der Waals surface area contributed by atoms with Crippen LogP contribution >= 0.6 is 0 Å². The third kappa shape index (κ3) is 2.00. The Kier molecular flexibility index (Phi) is 3.09. The lowest BCUT2D eigenvalue weighted by Crippen LogP contribution is -2.24. The van der Waals surface area contributed by atoms with Crippen LogP contribution in [0.5, 0.6) is 0 Å². The first-order valence-corrected chi connectivity index (χ1v) is 5.28. The van der Waals surface area contributed by atoms with Crippen molar-refractivity contribution in [3.05, 3.63) is 24.9 Å². The first-order valence-electron chi connectivity index (χ1n) is 5.28. The summed E-state index contributed by atoms with van der Waals surface area (Å²) >= 11 is 0. The van der Waals surface area contributed by atoms with Crippen molar-refractivity contribution in [1.29, 1.82) is 0 Å². The first kappa shape index (κ1) is 10.5. The quantitative estimate of drug-likeness (QED) is 0.763. The summed E-state index contributed by atoms with van der Waals surface area (Å²) in [5.41, 5.74) is 0. The summed E-state index contributed by atoms with van der Waals surface area (Å²) < 4.78 is 1.62. The van der Waals surface area contributed by atoms with Gasteiger partial charge in [0, 0.05) is 25.4 Å². The Labute approximate surface area is 94.0 Å². The fourth-order valence-corrected chi connectivity index (χ4v) is 1.45. The van der Waals surface area contributed by atoms with Crippen LogP contribution in [0.4, 0.5) is 5.95 Å². The Bertz CT molecular complexity index is 434. The van der Waals surface area contributed by atoms with Gasteiger partial charge >= 0.3 is 0 Å². The molecule has 0 aliphatic rings. The minimum Gasteiger partial charge on any atom is -0.341 e. The second-order valence-corrected chi connectivity index (χ2v) is 3.23. The van der Waals surface area contributed by atoms with Gasteiger partial charge in [-0.15, -0.1) is 0 Å². The van der Waals surface area contributed by atoms with Gasteiger partial charge < -0.3 is 4.90 Å². The Hall–Kier alpha value is -1.98. The second-order valence-electron chi connectivity index (χ2n) is 3.23. The van der Waals surface area contributed by atoms with Crippen LogP contribution in [0.2, 0.25) is 0 Å². The number of hydrogen-bond donors (Lipinski definition) is 0. The molecule has 2 aromatic heterocycles. The molecule has 0 fully saturated rings. The molecule has 0 radical (unpaired) electrons. The molecular formula is C10H14N6. The molecule has 0 bridgehead atoms. The topological polar surface area (TPSA) is 59.7 Å². The van der Waals surface area contributed by atoms with Crippen LogP contribution in [0.3, 0.4) is 0 Å². The zero-order chi connectivity index (χ0) is 11.4. The Morgan fingerprint density at radius 1 is 1.31 bits per heavy atom. The van der Waals surface area contributed by atoms with Gasteiger partial charge in [0.15, 0.2) is 5.82 Å². The molecule has 84 valence electrons. The standard InChI is InChI=1S/C10H14N6/c1-3-15(4-2)10-12-6-5-9(14-10)16-8-11-7-13-16/h5-8H,3-4H2,1-2H3. The molecule has 0 saturated carbocycles. The average Bonchev–Trinajstić information content (AvgIpc) is 2.85. The van der Waals surface area contributed by atoms with Crippen molar-refractivity contribution in [2.45, 2.75) is 13.8 Å². The molecule has 2 heterocycles. The Morgan fingerprint density at radius 2 is 2.12 bits per heavy atom. The average molecular weight is 218 g/mol. The largest absolute Gasteiger partial charge is 0.341 e. The Morgan fingerprint density at radius 3 is 2.75 bits per heavy atom. The molecule has 2 rings (SSSR count). The van der Waals surface area contributed by atoms with Crippen LogP contribution in [-0.2, 0) is 0 Å². The first-order chi connectivity index (χ1) is 7.85. The van der Waals surface area contributed by atoms with Crippen molar-refractivity contribution in [2.75, 3.05) is 18.0 Å². The molecule has 0 aliphatic carbocycles. The highest BCUT2D eigenvalue weighted by Gasteiger charge is 2.06. The van der Waals surface area contributed by atoms with Crippen molar-refractivity contribution in [1.82, 2.24) is 24.7 Å². The van der Waals surface area contributed by atoms with Crippen LogP contribution in [0, 0.1) is 0 Å². The van der Waals surface area contributed by atoms with Crippen molar-refractivity contribution >= 4 is 5.95 Å². The van der Waals surface area contributed by atoms with Gasteiger partial charge in [0.1, 0.15) is 12.7 Å². The van der Waals surface area contributed by atoms with Gasteiger partial charge in [-0.25, -0.2) is 14.6 Å². The molecule has 0 spiro atoms. The zero-order valence-electron chi connectivity index (χ0n) is 9.41. The predicted octanol–water partition coefficient (Wildman–Crippen LogP) is 0.903.